The second-order valence-electron chi connectivity index (χ2n) is 6.50. The van der Waals surface area contributed by atoms with E-state index in [9.17, 15) is 4.79 Å². The first-order valence-electron chi connectivity index (χ1n) is 7.65. The van der Waals surface area contributed by atoms with Crippen LogP contribution in [-0.2, 0) is 4.79 Å². The number of nitrogens with two attached hydrogens (primary N) is 1. The highest BCUT2D eigenvalue weighted by atomic mass is 35.5. The molecule has 1 aromatic carbocycles. The van der Waals surface area contributed by atoms with Gasteiger partial charge in [-0.2, -0.15) is 0 Å². The second-order valence-corrected chi connectivity index (χ2v) is 6.94. The van der Waals surface area contributed by atoms with E-state index in [1.54, 1.807) is 4.90 Å². The summed E-state index contributed by atoms with van der Waals surface area (Å²) in [5.74, 6) is 0.573. The Hall–Kier alpha value is -1.06. The third-order valence-corrected chi connectivity index (χ3v) is 4.96. The quantitative estimate of drug-likeness (QED) is 0.924. The van der Waals surface area contributed by atoms with Gasteiger partial charge in [-0.25, -0.2) is 0 Å². The second kappa shape index (κ2) is 6.37. The Morgan fingerprint density at radius 2 is 2.05 bits per heavy atom. The van der Waals surface area contributed by atoms with Crippen molar-refractivity contribution >= 4 is 17.5 Å². The van der Waals surface area contributed by atoms with Gasteiger partial charge in [-0.3, -0.25) is 4.79 Å². The number of hydrogen-bond donors (Lipinski definition) is 1. The minimum atomic E-state index is -0.701. The van der Waals surface area contributed by atoms with Crippen molar-refractivity contribution in [3.63, 3.8) is 0 Å². The monoisotopic (exact) mass is 308 g/mol. The van der Waals surface area contributed by atoms with Crippen molar-refractivity contribution in [2.45, 2.75) is 51.1 Å². The van der Waals surface area contributed by atoms with E-state index in [0.29, 0.717) is 10.9 Å². The number of amides is 1. The van der Waals surface area contributed by atoms with Crippen LogP contribution >= 0.6 is 11.6 Å². The maximum Gasteiger partial charge on any atom is 0.242 e. The topological polar surface area (TPSA) is 46.3 Å². The molecule has 0 spiro atoms. The summed E-state index contributed by atoms with van der Waals surface area (Å²) in [6.45, 7) is 4.20. The lowest BCUT2D eigenvalue weighted by molar-refractivity contribution is -0.139. The van der Waals surface area contributed by atoms with Crippen molar-refractivity contribution in [1.29, 1.82) is 0 Å². The zero-order valence-electron chi connectivity index (χ0n) is 13.1. The Kier molecular flexibility index (Phi) is 4.95. The molecule has 2 N–H and O–H groups in total. The van der Waals surface area contributed by atoms with Crippen LogP contribution in [0.5, 0.6) is 0 Å². The Morgan fingerprint density at radius 1 is 1.43 bits per heavy atom. The molecule has 3 atom stereocenters. The van der Waals surface area contributed by atoms with E-state index < -0.39 is 5.54 Å². The van der Waals surface area contributed by atoms with Gasteiger partial charge >= 0.3 is 0 Å². The molecule has 0 bridgehead atoms. The van der Waals surface area contributed by atoms with Gasteiger partial charge in [-0.05, 0) is 43.4 Å². The Balaban J connectivity index is 2.12. The van der Waals surface area contributed by atoms with Crippen LogP contribution in [0.3, 0.4) is 0 Å². The van der Waals surface area contributed by atoms with Crippen molar-refractivity contribution < 1.29 is 4.79 Å². The van der Waals surface area contributed by atoms with Crippen molar-refractivity contribution in [2.75, 3.05) is 7.05 Å². The summed E-state index contributed by atoms with van der Waals surface area (Å²) in [5.41, 5.74) is 6.79. The zero-order chi connectivity index (χ0) is 15.6. The normalized spacial score (nSPS) is 27.2. The molecule has 0 radical (unpaired) electrons. The lowest BCUT2D eigenvalue weighted by Gasteiger charge is -2.40. The number of likely N-dealkylation sites (N-methyl/N-ethyl adjacent to an activating group) is 1. The molecule has 0 heterocycles. The molecule has 0 saturated heterocycles. The minimum absolute atomic E-state index is 0.00701. The average molecular weight is 309 g/mol. The highest BCUT2D eigenvalue weighted by Gasteiger charge is 2.40. The molecule has 0 aromatic heterocycles. The summed E-state index contributed by atoms with van der Waals surface area (Å²) in [6.07, 6.45) is 3.77. The van der Waals surface area contributed by atoms with E-state index in [1.165, 1.54) is 6.42 Å². The number of benzene rings is 1. The molecular weight excluding hydrogens is 284 g/mol. The predicted octanol–water partition coefficient (Wildman–Crippen LogP) is 3.77. The number of hydrogen-bond acceptors (Lipinski definition) is 2. The van der Waals surface area contributed by atoms with Gasteiger partial charge in [-0.15, -0.1) is 0 Å². The summed E-state index contributed by atoms with van der Waals surface area (Å²) in [7, 11) is 1.84. The van der Waals surface area contributed by atoms with Gasteiger partial charge in [-0.1, -0.05) is 43.5 Å². The Bertz CT molecular complexity index is 502. The van der Waals surface area contributed by atoms with Crippen LogP contribution in [0.2, 0.25) is 5.02 Å². The summed E-state index contributed by atoms with van der Waals surface area (Å²) >= 11 is 5.92. The number of rotatable bonds is 3. The molecule has 1 aliphatic carbocycles. The van der Waals surface area contributed by atoms with E-state index in [4.69, 9.17) is 17.3 Å². The minimum Gasteiger partial charge on any atom is -0.337 e. The number of halogens is 1. The first kappa shape index (κ1) is 16.3. The smallest absolute Gasteiger partial charge is 0.242 e. The van der Waals surface area contributed by atoms with Crippen molar-refractivity contribution in [2.24, 2.45) is 11.7 Å². The molecule has 3 unspecified atom stereocenters. The molecular formula is C17H25ClN2O. The molecule has 3 nitrogen and oxygen atoms in total. The maximum atomic E-state index is 12.8. The fraction of sp³-hybridized carbons (Fsp3) is 0.588. The van der Waals surface area contributed by atoms with Gasteiger partial charge in [0.05, 0.1) is 11.6 Å². The fourth-order valence-corrected chi connectivity index (χ4v) is 3.40. The summed E-state index contributed by atoms with van der Waals surface area (Å²) < 4.78 is 0. The van der Waals surface area contributed by atoms with E-state index in [1.807, 2.05) is 38.2 Å². The molecule has 116 valence electrons. The van der Waals surface area contributed by atoms with Crippen molar-refractivity contribution in [1.82, 2.24) is 4.90 Å². The zero-order valence-corrected chi connectivity index (χ0v) is 13.9. The van der Waals surface area contributed by atoms with E-state index in [0.717, 1.165) is 24.8 Å². The van der Waals surface area contributed by atoms with Gasteiger partial charge < -0.3 is 10.6 Å². The highest BCUT2D eigenvalue weighted by Crippen LogP contribution is 2.33. The average Bonchev–Trinajstić information content (AvgIpc) is 2.45. The third-order valence-electron chi connectivity index (χ3n) is 4.71. The van der Waals surface area contributed by atoms with Gasteiger partial charge in [0.15, 0.2) is 0 Å². The van der Waals surface area contributed by atoms with Crippen LogP contribution < -0.4 is 5.73 Å². The van der Waals surface area contributed by atoms with Crippen LogP contribution in [0.25, 0.3) is 0 Å². The molecule has 0 aliphatic heterocycles. The van der Waals surface area contributed by atoms with Gasteiger partial charge in [0.25, 0.3) is 0 Å². The van der Waals surface area contributed by atoms with Crippen LogP contribution in [0.15, 0.2) is 24.3 Å². The number of nitrogens with zero attached hydrogens (tertiary/aromatic N) is 1. The molecule has 1 amide bonds. The van der Waals surface area contributed by atoms with E-state index in [2.05, 4.69) is 6.92 Å². The highest BCUT2D eigenvalue weighted by molar-refractivity contribution is 6.30. The van der Waals surface area contributed by atoms with Crippen molar-refractivity contribution in [3.8, 4) is 0 Å². The largest absolute Gasteiger partial charge is 0.337 e. The van der Waals surface area contributed by atoms with Gasteiger partial charge in [0, 0.05) is 12.1 Å². The summed E-state index contributed by atoms with van der Waals surface area (Å²) in [6, 6.07) is 7.62. The summed E-state index contributed by atoms with van der Waals surface area (Å²) in [5, 5.41) is 0.705. The van der Waals surface area contributed by atoms with E-state index >= 15 is 0 Å². The van der Waals surface area contributed by atoms with Crippen molar-refractivity contribution in [3.05, 3.63) is 34.9 Å². The van der Waals surface area contributed by atoms with Crippen LogP contribution in [-0.4, -0.2) is 23.4 Å². The molecule has 2 rings (SSSR count). The summed E-state index contributed by atoms with van der Waals surface area (Å²) in [4.78, 5) is 14.6. The molecule has 1 aromatic rings. The molecule has 1 fully saturated rings. The van der Waals surface area contributed by atoms with Crippen LogP contribution in [0.4, 0.5) is 0 Å². The standard InChI is InChI=1S/C17H25ClN2O/c1-12-5-4-10-17(19,11-12)16(21)20(3)13(2)14-6-8-15(18)9-7-14/h6-9,12-13H,4-5,10-11,19H2,1-3H3. The fourth-order valence-electron chi connectivity index (χ4n) is 3.28. The predicted molar refractivity (Wildman–Crippen MR) is 87.2 cm³/mol. The van der Waals surface area contributed by atoms with E-state index in [-0.39, 0.29) is 11.9 Å². The number of carbonyl (C=O) groups excluding carboxylic acids is 1. The molecule has 21 heavy (non-hydrogen) atoms. The lowest BCUT2D eigenvalue weighted by atomic mass is 9.76. The Morgan fingerprint density at radius 3 is 2.62 bits per heavy atom. The first-order valence-corrected chi connectivity index (χ1v) is 8.03. The lowest BCUT2D eigenvalue weighted by Crippen LogP contribution is -2.56. The van der Waals surface area contributed by atoms with Gasteiger partial charge in [0.2, 0.25) is 5.91 Å². The Labute approximate surface area is 132 Å². The van der Waals surface area contributed by atoms with Gasteiger partial charge in [0.1, 0.15) is 0 Å². The van der Waals surface area contributed by atoms with Crippen LogP contribution in [0, 0.1) is 5.92 Å². The molecule has 1 aliphatic rings. The number of carbonyl (C=O) groups is 1. The maximum absolute atomic E-state index is 12.8. The molecule has 4 heteroatoms. The SMILES string of the molecule is CC1CCCC(N)(C(=O)N(C)C(C)c2ccc(Cl)cc2)C1. The molecule has 1 saturated carbocycles. The third kappa shape index (κ3) is 3.58. The first-order chi connectivity index (χ1) is 9.83. The van der Waals surface area contributed by atoms with Crippen LogP contribution in [0.1, 0.15) is 51.1 Å².